The monoisotopic (exact) mass is 832 g/mol. The summed E-state index contributed by atoms with van der Waals surface area (Å²) in [5.74, 6) is -2.42. The van der Waals surface area contributed by atoms with Crippen LogP contribution in [0.3, 0.4) is 0 Å². The van der Waals surface area contributed by atoms with Crippen LogP contribution in [-0.4, -0.2) is 70.2 Å². The molecule has 3 aromatic heterocycles. The summed E-state index contributed by atoms with van der Waals surface area (Å²) in [6, 6.07) is 35.8. The molecule has 0 amide bonds. The van der Waals surface area contributed by atoms with E-state index in [1.807, 2.05) is 85.0 Å². The zero-order chi connectivity index (χ0) is 43.8. The van der Waals surface area contributed by atoms with Gasteiger partial charge in [-0.25, -0.2) is 29.1 Å². The number of benzene rings is 4. The highest BCUT2D eigenvalue weighted by atomic mass is 16.5. The molecular weight excluding hydrogens is 797 g/mol. The van der Waals surface area contributed by atoms with E-state index in [0.717, 1.165) is 50.0 Å². The summed E-state index contributed by atoms with van der Waals surface area (Å²) in [5.41, 5.74) is 12.7. The lowest BCUT2D eigenvalue weighted by Crippen LogP contribution is -2.00. The summed E-state index contributed by atoms with van der Waals surface area (Å²) in [7, 11) is 4.01. The number of nitrogens with one attached hydrogen (secondary N) is 2. The largest absolute Gasteiger partial charge is 0.478 e. The molecule has 3 N–H and O–H groups in total. The molecule has 12 nitrogen and oxygen atoms in total. The first-order chi connectivity index (χ1) is 30.6. The Hall–Kier alpha value is -8.64. The third-order valence-corrected chi connectivity index (χ3v) is 11.0. The second-order valence-corrected chi connectivity index (χ2v) is 14.6. The van der Waals surface area contributed by atoms with Gasteiger partial charge in [-0.15, -0.1) is 0 Å². The number of rotatable bonds is 8. The Morgan fingerprint density at radius 1 is 0.381 bits per heavy atom. The molecule has 2 aliphatic heterocycles. The number of methoxy groups -OCH3 is 3. The third-order valence-electron chi connectivity index (χ3n) is 11.0. The van der Waals surface area contributed by atoms with Crippen molar-refractivity contribution in [3.63, 3.8) is 0 Å². The molecule has 0 aliphatic carbocycles. The van der Waals surface area contributed by atoms with E-state index in [-0.39, 0.29) is 5.56 Å². The molecule has 0 unspecified atom stereocenters. The highest BCUT2D eigenvalue weighted by Gasteiger charge is 2.20. The summed E-state index contributed by atoms with van der Waals surface area (Å²) in [6.45, 7) is 0. The second-order valence-electron chi connectivity index (χ2n) is 14.6. The number of fused-ring (bicyclic) bond motifs is 8. The molecule has 63 heavy (non-hydrogen) atoms. The van der Waals surface area contributed by atoms with Gasteiger partial charge < -0.3 is 29.3 Å². The van der Waals surface area contributed by atoms with Crippen molar-refractivity contribution in [2.45, 2.75) is 0 Å². The summed E-state index contributed by atoms with van der Waals surface area (Å²) in [5, 5.41) is 9.73. The molecule has 7 aromatic rings. The summed E-state index contributed by atoms with van der Waals surface area (Å²) in [6.07, 6.45) is 7.72. The minimum Gasteiger partial charge on any atom is -0.478 e. The van der Waals surface area contributed by atoms with Crippen LogP contribution in [0.25, 0.3) is 90.9 Å². The van der Waals surface area contributed by atoms with Crippen LogP contribution in [0.1, 0.15) is 64.2 Å². The first-order valence-electron chi connectivity index (χ1n) is 19.7. The number of carboxylic acids is 1. The molecule has 0 radical (unpaired) electrons. The predicted molar refractivity (Wildman–Crippen MR) is 242 cm³/mol. The first kappa shape index (κ1) is 39.8. The minimum absolute atomic E-state index is 0.143. The van der Waals surface area contributed by atoms with E-state index in [0.29, 0.717) is 56.1 Å². The number of nitrogens with zero attached hydrogens (tertiary/aromatic N) is 2. The number of carbonyl (C=O) groups is 4. The van der Waals surface area contributed by atoms with Crippen molar-refractivity contribution in [1.82, 2.24) is 19.9 Å². The Bertz CT molecular complexity index is 3170. The standard InChI is InChI=1S/C51H36N4O8/c1-61-49(58)33-14-6-29(7-15-33)45-38-22-20-36(52-38)44(28-4-12-32(13-5-28)48(56)57)37-21-23-39(53-37)46(30-8-16-34(17-9-30)50(59)62-2)41-25-27-43(55-41)47(42-26-24-40(45)54-42)31-10-18-35(19-11-31)51(60)63-3/h4-27,52,55H,1-3H3,(H,56,57). The molecule has 2 aliphatic rings. The molecule has 0 spiro atoms. The quantitative estimate of drug-likeness (QED) is 0.0987. The highest BCUT2D eigenvalue weighted by Crippen LogP contribution is 2.39. The minimum atomic E-state index is -1.04. The summed E-state index contributed by atoms with van der Waals surface area (Å²) < 4.78 is 14.9. The maximum atomic E-state index is 12.5. The fourth-order valence-corrected chi connectivity index (χ4v) is 7.87. The number of hydrogen-bond donors (Lipinski definition) is 3. The molecule has 9 rings (SSSR count). The topological polar surface area (TPSA) is 174 Å². The van der Waals surface area contributed by atoms with Crippen LogP contribution in [0.4, 0.5) is 0 Å². The molecule has 5 heterocycles. The van der Waals surface area contributed by atoms with Gasteiger partial charge in [0.2, 0.25) is 0 Å². The molecule has 0 atom stereocenters. The van der Waals surface area contributed by atoms with Crippen molar-refractivity contribution in [2.75, 3.05) is 21.3 Å². The van der Waals surface area contributed by atoms with Gasteiger partial charge in [-0.3, -0.25) is 0 Å². The number of esters is 3. The van der Waals surface area contributed by atoms with Crippen LogP contribution in [0.15, 0.2) is 121 Å². The van der Waals surface area contributed by atoms with Crippen LogP contribution in [0, 0.1) is 0 Å². The average Bonchev–Trinajstić information content (AvgIpc) is 4.17. The zero-order valence-electron chi connectivity index (χ0n) is 34.1. The zero-order valence-corrected chi connectivity index (χ0v) is 34.1. The SMILES string of the molecule is COC(=O)c1ccc(-c2c3nc(c(-c4ccc(C(=O)OC)cc4)c4ccc([nH]4)c(-c4ccc(C(=O)OC)cc4)c4nc(c(-c5ccc(C(=O)O)cc5)c5ccc2[nH]5)C=C4)C=C3)cc1. The van der Waals surface area contributed by atoms with E-state index < -0.39 is 23.9 Å². The number of carbonyl (C=O) groups excluding carboxylic acids is 3. The molecular formula is C51H36N4O8. The van der Waals surface area contributed by atoms with Crippen molar-refractivity contribution < 1.29 is 38.5 Å². The van der Waals surface area contributed by atoms with Gasteiger partial charge in [0, 0.05) is 44.3 Å². The number of ether oxygens (including phenoxy) is 3. The Labute approximate surface area is 359 Å². The van der Waals surface area contributed by atoms with Gasteiger partial charge in [-0.1, -0.05) is 48.5 Å². The third kappa shape index (κ3) is 7.46. The van der Waals surface area contributed by atoms with Crippen LogP contribution in [-0.2, 0) is 14.2 Å². The molecule has 8 bridgehead atoms. The van der Waals surface area contributed by atoms with Gasteiger partial charge in [-0.2, -0.15) is 0 Å². The van der Waals surface area contributed by atoms with E-state index in [4.69, 9.17) is 24.2 Å². The fraction of sp³-hybridized carbons (Fsp3) is 0.0588. The number of H-pyrrole nitrogens is 2. The average molecular weight is 833 g/mol. The van der Waals surface area contributed by atoms with E-state index >= 15 is 0 Å². The first-order valence-corrected chi connectivity index (χ1v) is 19.7. The van der Waals surface area contributed by atoms with Gasteiger partial charge >= 0.3 is 23.9 Å². The van der Waals surface area contributed by atoms with Crippen molar-refractivity contribution in [1.29, 1.82) is 0 Å². The molecule has 308 valence electrons. The van der Waals surface area contributed by atoms with Gasteiger partial charge in [0.05, 0.1) is 66.4 Å². The highest BCUT2D eigenvalue weighted by molar-refractivity contribution is 6.01. The maximum absolute atomic E-state index is 12.5. The van der Waals surface area contributed by atoms with Gasteiger partial charge in [-0.05, 0) is 119 Å². The van der Waals surface area contributed by atoms with Crippen LogP contribution < -0.4 is 0 Å². The second kappa shape index (κ2) is 16.4. The summed E-state index contributed by atoms with van der Waals surface area (Å²) >= 11 is 0. The lowest BCUT2D eigenvalue weighted by atomic mass is 10.0. The lowest BCUT2D eigenvalue weighted by Gasteiger charge is -2.08. The normalized spacial score (nSPS) is 11.6. The molecule has 12 heteroatoms. The smallest absolute Gasteiger partial charge is 0.337 e. The van der Waals surface area contributed by atoms with Crippen molar-refractivity contribution in [3.05, 3.63) is 166 Å². The molecule has 0 saturated heterocycles. The summed E-state index contributed by atoms with van der Waals surface area (Å²) in [4.78, 5) is 67.1. The van der Waals surface area contributed by atoms with Crippen molar-refractivity contribution in [3.8, 4) is 44.5 Å². The number of carboxylic acid groups (broad SMARTS) is 1. The van der Waals surface area contributed by atoms with Crippen LogP contribution in [0.5, 0.6) is 0 Å². The Morgan fingerprint density at radius 3 is 0.841 bits per heavy atom. The van der Waals surface area contributed by atoms with Crippen molar-refractivity contribution >= 4 is 70.2 Å². The van der Waals surface area contributed by atoms with Gasteiger partial charge in [0.15, 0.2) is 0 Å². The van der Waals surface area contributed by atoms with E-state index in [1.54, 1.807) is 60.7 Å². The number of hydrogen-bond acceptors (Lipinski definition) is 9. The number of aromatic carboxylic acids is 1. The van der Waals surface area contributed by atoms with Crippen LogP contribution in [0.2, 0.25) is 0 Å². The molecule has 0 fully saturated rings. The van der Waals surface area contributed by atoms with E-state index in [2.05, 4.69) is 9.97 Å². The lowest BCUT2D eigenvalue weighted by molar-refractivity contribution is 0.0592. The van der Waals surface area contributed by atoms with Crippen molar-refractivity contribution in [2.24, 2.45) is 0 Å². The Kier molecular flexibility index (Phi) is 10.4. The van der Waals surface area contributed by atoms with Gasteiger partial charge in [0.1, 0.15) is 0 Å². The Balaban J connectivity index is 1.41. The number of aromatic amines is 2. The van der Waals surface area contributed by atoms with Crippen LogP contribution >= 0.6 is 0 Å². The fourth-order valence-electron chi connectivity index (χ4n) is 7.87. The van der Waals surface area contributed by atoms with E-state index in [9.17, 15) is 24.3 Å². The Morgan fingerprint density at radius 2 is 0.619 bits per heavy atom. The molecule has 4 aromatic carbocycles. The van der Waals surface area contributed by atoms with Gasteiger partial charge in [0.25, 0.3) is 0 Å². The molecule has 0 saturated carbocycles. The van der Waals surface area contributed by atoms with E-state index in [1.165, 1.54) is 21.3 Å². The maximum Gasteiger partial charge on any atom is 0.337 e. The predicted octanol–water partition coefficient (Wildman–Crippen LogP) is 10.4. The number of aromatic nitrogens is 4.